The Morgan fingerprint density at radius 3 is 2.54 bits per heavy atom. The number of alkyl halides is 3. The third-order valence-corrected chi connectivity index (χ3v) is 4.41. The van der Waals surface area contributed by atoms with Gasteiger partial charge in [-0.15, -0.1) is 0 Å². The Bertz CT molecular complexity index is 1110. The summed E-state index contributed by atoms with van der Waals surface area (Å²) in [6.07, 6.45) is -1.35. The first-order chi connectivity index (χ1) is 13.4. The quantitative estimate of drug-likeness (QED) is 0.538. The highest BCUT2D eigenvalue weighted by Gasteiger charge is 2.30. The molecule has 0 radical (unpaired) electrons. The fraction of sp³-hybridized carbons (Fsp3) is 0.150. The zero-order chi connectivity index (χ0) is 19.7. The molecule has 1 atom stereocenters. The van der Waals surface area contributed by atoms with Crippen molar-refractivity contribution in [2.75, 3.05) is 5.32 Å². The van der Waals surface area contributed by atoms with Gasteiger partial charge in [-0.25, -0.2) is 9.97 Å². The van der Waals surface area contributed by atoms with Crippen molar-refractivity contribution in [3.05, 3.63) is 78.2 Å². The molecule has 4 aromatic rings. The molecule has 0 amide bonds. The third kappa shape index (κ3) is 3.53. The minimum Gasteiger partial charge on any atom is -0.348 e. The van der Waals surface area contributed by atoms with E-state index in [0.29, 0.717) is 17.3 Å². The van der Waals surface area contributed by atoms with E-state index in [9.17, 15) is 13.2 Å². The fourth-order valence-corrected chi connectivity index (χ4v) is 2.94. The van der Waals surface area contributed by atoms with E-state index in [-0.39, 0.29) is 11.6 Å². The van der Waals surface area contributed by atoms with Crippen LogP contribution in [0.25, 0.3) is 16.9 Å². The zero-order valence-electron chi connectivity index (χ0n) is 14.9. The largest absolute Gasteiger partial charge is 0.416 e. The van der Waals surface area contributed by atoms with E-state index in [4.69, 9.17) is 0 Å². The second-order valence-electron chi connectivity index (χ2n) is 6.33. The first-order valence-corrected chi connectivity index (χ1v) is 8.61. The number of hydrogen-bond acceptors (Lipinski definition) is 4. The minimum atomic E-state index is -4.41. The Hall–Kier alpha value is -3.42. The molecule has 2 heterocycles. The van der Waals surface area contributed by atoms with Gasteiger partial charge in [0.1, 0.15) is 12.1 Å². The van der Waals surface area contributed by atoms with Crippen molar-refractivity contribution >= 4 is 17.0 Å². The van der Waals surface area contributed by atoms with Gasteiger partial charge < -0.3 is 5.32 Å². The van der Waals surface area contributed by atoms with Gasteiger partial charge in [-0.3, -0.25) is 4.57 Å². The third-order valence-electron chi connectivity index (χ3n) is 4.41. The van der Waals surface area contributed by atoms with E-state index in [0.717, 1.165) is 17.7 Å². The highest BCUT2D eigenvalue weighted by Crippen LogP contribution is 2.31. The lowest BCUT2D eigenvalue weighted by Gasteiger charge is -2.14. The van der Waals surface area contributed by atoms with Gasteiger partial charge in [-0.1, -0.05) is 30.3 Å². The number of nitrogens with one attached hydrogen (secondary N) is 1. The van der Waals surface area contributed by atoms with Crippen LogP contribution in [0.15, 0.2) is 67.1 Å². The molecule has 0 unspecified atom stereocenters. The Kier molecular flexibility index (Phi) is 4.46. The Labute approximate surface area is 158 Å². The number of fused-ring (bicyclic) bond motifs is 1. The summed E-state index contributed by atoms with van der Waals surface area (Å²) in [6, 6.07) is 15.0. The van der Waals surface area contributed by atoms with Gasteiger partial charge in [0, 0.05) is 6.20 Å². The molecule has 2 aromatic carbocycles. The summed E-state index contributed by atoms with van der Waals surface area (Å²) < 4.78 is 40.3. The van der Waals surface area contributed by atoms with Gasteiger partial charge in [-0.2, -0.15) is 18.2 Å². The monoisotopic (exact) mass is 383 g/mol. The van der Waals surface area contributed by atoms with Crippen LogP contribution in [-0.4, -0.2) is 19.5 Å². The molecule has 5 nitrogen and oxygen atoms in total. The molecule has 0 aliphatic rings. The minimum absolute atomic E-state index is 0.00896. The van der Waals surface area contributed by atoms with E-state index < -0.39 is 11.7 Å². The molecule has 0 aliphatic carbocycles. The number of benzene rings is 2. The Morgan fingerprint density at radius 1 is 1.00 bits per heavy atom. The van der Waals surface area contributed by atoms with Gasteiger partial charge in [0.15, 0.2) is 0 Å². The van der Waals surface area contributed by atoms with Crippen LogP contribution in [0.5, 0.6) is 0 Å². The van der Waals surface area contributed by atoms with E-state index in [1.807, 2.05) is 37.3 Å². The maximum atomic E-state index is 12.9. The Morgan fingerprint density at radius 2 is 1.79 bits per heavy atom. The lowest BCUT2D eigenvalue weighted by Crippen LogP contribution is -2.10. The van der Waals surface area contributed by atoms with Crippen LogP contribution in [0.4, 0.5) is 19.1 Å². The lowest BCUT2D eigenvalue weighted by atomic mass is 10.1. The topological polar surface area (TPSA) is 55.6 Å². The standard InChI is InChI=1S/C20H16F3N5/c1-13(14-5-3-2-4-6-14)26-19-24-10-9-18(27-19)28-12-25-16-11-15(20(21,22)23)7-8-17(16)28/h2-13H,1H3,(H,24,26,27)/t13-/m0/s1. The maximum Gasteiger partial charge on any atom is 0.416 e. The van der Waals surface area contributed by atoms with Crippen LogP contribution >= 0.6 is 0 Å². The van der Waals surface area contributed by atoms with E-state index in [1.165, 1.54) is 12.4 Å². The molecule has 2 aromatic heterocycles. The average molecular weight is 383 g/mol. The molecule has 1 N–H and O–H groups in total. The number of hydrogen-bond donors (Lipinski definition) is 1. The first kappa shape index (κ1) is 18.0. The number of anilines is 1. The maximum absolute atomic E-state index is 12.9. The summed E-state index contributed by atoms with van der Waals surface area (Å²) in [5, 5.41) is 3.23. The SMILES string of the molecule is C[C@H](Nc1nccc(-n2cnc3cc(C(F)(F)F)ccc32)n1)c1ccccc1. The predicted octanol–water partition coefficient (Wildman–Crippen LogP) is 5.01. The van der Waals surface area contributed by atoms with Crippen molar-refractivity contribution in [3.63, 3.8) is 0 Å². The molecule has 0 aliphatic heterocycles. The number of nitrogens with zero attached hydrogens (tertiary/aromatic N) is 4. The average Bonchev–Trinajstić information content (AvgIpc) is 3.11. The molecular formula is C20H16F3N5. The van der Waals surface area contributed by atoms with E-state index in [2.05, 4.69) is 20.3 Å². The van der Waals surface area contributed by atoms with Gasteiger partial charge in [-0.05, 0) is 36.8 Å². The fourth-order valence-electron chi connectivity index (χ4n) is 2.94. The molecule has 0 saturated carbocycles. The van der Waals surface area contributed by atoms with Crippen LogP contribution in [-0.2, 0) is 6.18 Å². The summed E-state index contributed by atoms with van der Waals surface area (Å²) in [7, 11) is 0. The molecule has 0 fully saturated rings. The molecule has 28 heavy (non-hydrogen) atoms. The predicted molar refractivity (Wildman–Crippen MR) is 100 cm³/mol. The smallest absolute Gasteiger partial charge is 0.348 e. The molecule has 142 valence electrons. The second kappa shape index (κ2) is 6.95. The van der Waals surface area contributed by atoms with Crippen molar-refractivity contribution in [2.45, 2.75) is 19.1 Å². The second-order valence-corrected chi connectivity index (χ2v) is 6.33. The van der Waals surface area contributed by atoms with Crippen molar-refractivity contribution in [3.8, 4) is 5.82 Å². The Balaban J connectivity index is 1.64. The number of aromatic nitrogens is 4. The normalized spacial score (nSPS) is 12.9. The zero-order valence-corrected chi connectivity index (χ0v) is 14.9. The lowest BCUT2D eigenvalue weighted by molar-refractivity contribution is -0.137. The van der Waals surface area contributed by atoms with Crippen LogP contribution in [0, 0.1) is 0 Å². The van der Waals surface area contributed by atoms with Gasteiger partial charge in [0.25, 0.3) is 0 Å². The van der Waals surface area contributed by atoms with Crippen molar-refractivity contribution in [1.82, 2.24) is 19.5 Å². The van der Waals surface area contributed by atoms with Gasteiger partial charge >= 0.3 is 6.18 Å². The number of imidazole rings is 1. The molecular weight excluding hydrogens is 367 g/mol. The van der Waals surface area contributed by atoms with Crippen LogP contribution in [0.3, 0.4) is 0 Å². The molecule has 0 bridgehead atoms. The van der Waals surface area contributed by atoms with Gasteiger partial charge in [0.05, 0.1) is 22.6 Å². The van der Waals surface area contributed by atoms with Crippen LogP contribution in [0.1, 0.15) is 24.1 Å². The highest BCUT2D eigenvalue weighted by molar-refractivity contribution is 5.78. The van der Waals surface area contributed by atoms with Gasteiger partial charge in [0.2, 0.25) is 5.95 Å². The first-order valence-electron chi connectivity index (χ1n) is 8.61. The number of rotatable bonds is 4. The summed E-state index contributed by atoms with van der Waals surface area (Å²) in [6.45, 7) is 2.00. The van der Waals surface area contributed by atoms with E-state index >= 15 is 0 Å². The molecule has 0 saturated heterocycles. The van der Waals surface area contributed by atoms with Crippen molar-refractivity contribution in [2.24, 2.45) is 0 Å². The molecule has 0 spiro atoms. The number of halogens is 3. The molecule has 4 rings (SSSR count). The van der Waals surface area contributed by atoms with Crippen LogP contribution in [0.2, 0.25) is 0 Å². The summed E-state index contributed by atoms with van der Waals surface area (Å²) in [5.74, 6) is 0.933. The molecule has 8 heteroatoms. The van der Waals surface area contributed by atoms with E-state index in [1.54, 1.807) is 16.8 Å². The summed E-state index contributed by atoms with van der Waals surface area (Å²) >= 11 is 0. The highest BCUT2D eigenvalue weighted by atomic mass is 19.4. The van der Waals surface area contributed by atoms with Crippen molar-refractivity contribution < 1.29 is 13.2 Å². The summed E-state index contributed by atoms with van der Waals surface area (Å²) in [5.41, 5.74) is 1.14. The summed E-state index contributed by atoms with van der Waals surface area (Å²) in [4.78, 5) is 12.8. The van der Waals surface area contributed by atoms with Crippen LogP contribution < -0.4 is 5.32 Å². The van der Waals surface area contributed by atoms with Crippen molar-refractivity contribution in [1.29, 1.82) is 0 Å².